The van der Waals surface area contributed by atoms with Crippen LogP contribution in [0.2, 0.25) is 0 Å². The summed E-state index contributed by atoms with van der Waals surface area (Å²) in [4.78, 5) is 11.2. The van der Waals surface area contributed by atoms with Crippen molar-refractivity contribution >= 4 is 17.7 Å². The molecular weight excluding hydrogens is 305 g/mol. The molecule has 0 aliphatic rings. The van der Waals surface area contributed by atoms with Crippen molar-refractivity contribution in [1.82, 2.24) is 0 Å². The first-order chi connectivity index (χ1) is 9.74. The van der Waals surface area contributed by atoms with E-state index in [0.717, 1.165) is 6.42 Å². The van der Waals surface area contributed by atoms with E-state index >= 15 is 0 Å². The van der Waals surface area contributed by atoms with Crippen molar-refractivity contribution < 1.29 is 28.2 Å². The Kier molecular flexibility index (Phi) is 6.54. The molecule has 7 heteroatoms. The molecule has 0 spiro atoms. The van der Waals surface area contributed by atoms with Crippen LogP contribution < -0.4 is 0 Å². The first-order valence-corrected chi connectivity index (χ1v) is 7.33. The van der Waals surface area contributed by atoms with Crippen LogP contribution in [0.15, 0.2) is 29.2 Å². The minimum Gasteiger partial charge on any atom is -0.481 e. The third-order valence-corrected chi connectivity index (χ3v) is 3.76. The van der Waals surface area contributed by atoms with Crippen LogP contribution in [-0.2, 0) is 4.79 Å². The summed E-state index contributed by atoms with van der Waals surface area (Å²) in [6, 6.07) is 5.13. The lowest BCUT2D eigenvalue weighted by atomic mass is 9.91. The number of carbonyl (C=O) groups is 1. The number of carboxylic acid groups (broad SMARTS) is 1. The number of hydrogen-bond acceptors (Lipinski definition) is 3. The standard InChI is InChI=1S/C14H17F3O3S/c1-2-3-4-11(13(19)20)12(18)9-5-7-10(8-6-9)21-14(15,16)17/h5-8,11-12,18H,2-4H2,1H3,(H,19,20). The van der Waals surface area contributed by atoms with Crippen LogP contribution in [0.3, 0.4) is 0 Å². The summed E-state index contributed by atoms with van der Waals surface area (Å²) in [6.07, 6.45) is 0.568. The molecule has 0 aliphatic carbocycles. The predicted octanol–water partition coefficient (Wildman–Crippen LogP) is 4.22. The van der Waals surface area contributed by atoms with Gasteiger partial charge in [-0.05, 0) is 35.9 Å². The fourth-order valence-electron chi connectivity index (χ4n) is 1.94. The smallest absolute Gasteiger partial charge is 0.446 e. The van der Waals surface area contributed by atoms with Gasteiger partial charge in [-0.3, -0.25) is 4.79 Å². The zero-order chi connectivity index (χ0) is 16.0. The van der Waals surface area contributed by atoms with Gasteiger partial charge in [-0.2, -0.15) is 13.2 Å². The Morgan fingerprint density at radius 1 is 1.29 bits per heavy atom. The van der Waals surface area contributed by atoms with E-state index in [1.54, 1.807) is 0 Å². The lowest BCUT2D eigenvalue weighted by Gasteiger charge is -2.19. The molecule has 1 rings (SSSR count). The molecule has 1 aromatic carbocycles. The molecule has 0 heterocycles. The molecule has 0 bridgehead atoms. The van der Waals surface area contributed by atoms with Crippen LogP contribution in [0.4, 0.5) is 13.2 Å². The molecule has 0 saturated heterocycles. The van der Waals surface area contributed by atoms with Gasteiger partial charge in [0.25, 0.3) is 0 Å². The highest BCUT2D eigenvalue weighted by molar-refractivity contribution is 8.00. The Morgan fingerprint density at radius 3 is 2.29 bits per heavy atom. The molecule has 0 aromatic heterocycles. The quantitative estimate of drug-likeness (QED) is 0.738. The van der Waals surface area contributed by atoms with Crippen molar-refractivity contribution in [2.45, 2.75) is 42.7 Å². The molecular formula is C14H17F3O3S. The van der Waals surface area contributed by atoms with Gasteiger partial charge in [-0.25, -0.2) is 0 Å². The summed E-state index contributed by atoms with van der Waals surface area (Å²) in [7, 11) is 0. The molecule has 3 nitrogen and oxygen atoms in total. The van der Waals surface area contributed by atoms with Gasteiger partial charge in [0.15, 0.2) is 0 Å². The van der Waals surface area contributed by atoms with Gasteiger partial charge in [0.1, 0.15) is 0 Å². The molecule has 118 valence electrons. The summed E-state index contributed by atoms with van der Waals surface area (Å²) >= 11 is -0.248. The molecule has 0 aliphatic heterocycles. The maximum Gasteiger partial charge on any atom is 0.446 e. The van der Waals surface area contributed by atoms with E-state index in [4.69, 9.17) is 5.11 Å². The summed E-state index contributed by atoms with van der Waals surface area (Å²) in [5.74, 6) is -2.06. The monoisotopic (exact) mass is 322 g/mol. The number of carboxylic acids is 1. The third kappa shape index (κ3) is 5.97. The number of unbranched alkanes of at least 4 members (excludes halogenated alkanes) is 1. The minimum absolute atomic E-state index is 0.00103. The van der Waals surface area contributed by atoms with Gasteiger partial charge in [0.2, 0.25) is 0 Å². The second-order valence-electron chi connectivity index (χ2n) is 4.65. The van der Waals surface area contributed by atoms with Gasteiger partial charge in [-0.1, -0.05) is 31.9 Å². The molecule has 2 atom stereocenters. The van der Waals surface area contributed by atoms with Crippen molar-refractivity contribution in [3.8, 4) is 0 Å². The predicted molar refractivity (Wildman–Crippen MR) is 74.0 cm³/mol. The van der Waals surface area contributed by atoms with Crippen LogP contribution in [0.5, 0.6) is 0 Å². The Labute approximate surface area is 125 Å². The number of thioether (sulfide) groups is 1. The number of halogens is 3. The van der Waals surface area contributed by atoms with Crippen molar-refractivity contribution in [3.05, 3.63) is 29.8 Å². The van der Waals surface area contributed by atoms with Crippen LogP contribution >= 0.6 is 11.8 Å². The Hall–Kier alpha value is -1.21. The summed E-state index contributed by atoms with van der Waals surface area (Å²) < 4.78 is 36.6. The van der Waals surface area contributed by atoms with Crippen molar-refractivity contribution in [1.29, 1.82) is 0 Å². The maximum absolute atomic E-state index is 12.2. The van der Waals surface area contributed by atoms with Crippen molar-refractivity contribution in [3.63, 3.8) is 0 Å². The Balaban J connectivity index is 2.81. The Bertz CT molecular complexity index is 460. The van der Waals surface area contributed by atoms with Crippen LogP contribution in [0.1, 0.15) is 37.9 Å². The number of hydrogen-bond donors (Lipinski definition) is 2. The van der Waals surface area contributed by atoms with Gasteiger partial charge < -0.3 is 10.2 Å². The fraction of sp³-hybridized carbons (Fsp3) is 0.500. The lowest BCUT2D eigenvalue weighted by Crippen LogP contribution is -2.22. The van der Waals surface area contributed by atoms with E-state index in [0.29, 0.717) is 18.4 Å². The summed E-state index contributed by atoms with van der Waals surface area (Å²) in [5, 5.41) is 19.2. The normalized spacial score (nSPS) is 14.7. The van der Waals surface area contributed by atoms with E-state index in [1.807, 2.05) is 6.92 Å². The van der Waals surface area contributed by atoms with Gasteiger partial charge in [0.05, 0.1) is 12.0 Å². The molecule has 2 unspecified atom stereocenters. The zero-order valence-corrected chi connectivity index (χ0v) is 12.2. The number of rotatable bonds is 7. The van der Waals surface area contributed by atoms with Crippen molar-refractivity contribution in [2.24, 2.45) is 5.92 Å². The number of aliphatic hydroxyl groups is 1. The van der Waals surface area contributed by atoms with Gasteiger partial charge in [-0.15, -0.1) is 0 Å². The molecule has 2 N–H and O–H groups in total. The third-order valence-electron chi connectivity index (χ3n) is 3.02. The average molecular weight is 322 g/mol. The van der Waals surface area contributed by atoms with Crippen LogP contribution in [-0.4, -0.2) is 21.7 Å². The van der Waals surface area contributed by atoms with Crippen molar-refractivity contribution in [2.75, 3.05) is 0 Å². The van der Waals surface area contributed by atoms with Gasteiger partial charge >= 0.3 is 11.5 Å². The van der Waals surface area contributed by atoms with E-state index in [9.17, 15) is 23.1 Å². The maximum atomic E-state index is 12.2. The topological polar surface area (TPSA) is 57.5 Å². The number of benzene rings is 1. The highest BCUT2D eigenvalue weighted by Crippen LogP contribution is 2.37. The lowest BCUT2D eigenvalue weighted by molar-refractivity contribution is -0.146. The number of aliphatic carboxylic acids is 1. The first-order valence-electron chi connectivity index (χ1n) is 6.51. The molecule has 0 amide bonds. The molecule has 0 fully saturated rings. The first kappa shape index (κ1) is 17.8. The second-order valence-corrected chi connectivity index (χ2v) is 5.79. The number of alkyl halides is 3. The number of aliphatic hydroxyl groups excluding tert-OH is 1. The van der Waals surface area contributed by atoms with E-state index in [-0.39, 0.29) is 16.7 Å². The molecule has 0 radical (unpaired) electrons. The molecule has 21 heavy (non-hydrogen) atoms. The minimum atomic E-state index is -4.37. The zero-order valence-electron chi connectivity index (χ0n) is 11.4. The fourth-order valence-corrected chi connectivity index (χ4v) is 2.48. The van der Waals surface area contributed by atoms with E-state index < -0.39 is 23.5 Å². The van der Waals surface area contributed by atoms with E-state index in [1.165, 1.54) is 24.3 Å². The largest absolute Gasteiger partial charge is 0.481 e. The average Bonchev–Trinajstić information content (AvgIpc) is 2.37. The molecule has 0 saturated carbocycles. The second kappa shape index (κ2) is 7.70. The molecule has 1 aromatic rings. The summed E-state index contributed by atoms with van der Waals surface area (Å²) in [6.45, 7) is 1.91. The van der Waals surface area contributed by atoms with Crippen LogP contribution in [0, 0.1) is 5.92 Å². The van der Waals surface area contributed by atoms with Crippen LogP contribution in [0.25, 0.3) is 0 Å². The highest BCUT2D eigenvalue weighted by Gasteiger charge is 2.30. The SMILES string of the molecule is CCCCC(C(=O)O)C(O)c1ccc(SC(F)(F)F)cc1. The van der Waals surface area contributed by atoms with Gasteiger partial charge in [0, 0.05) is 4.90 Å². The van der Waals surface area contributed by atoms with E-state index in [2.05, 4.69) is 0 Å². The summed E-state index contributed by atoms with van der Waals surface area (Å²) in [5.41, 5.74) is -4.06. The Morgan fingerprint density at radius 2 is 1.86 bits per heavy atom. The highest BCUT2D eigenvalue weighted by atomic mass is 32.2.